The molecule has 24 heavy (non-hydrogen) atoms. The Labute approximate surface area is 143 Å². The summed E-state index contributed by atoms with van der Waals surface area (Å²) < 4.78 is 5.72. The second-order valence-corrected chi connectivity index (χ2v) is 6.66. The summed E-state index contributed by atoms with van der Waals surface area (Å²) in [5.41, 5.74) is 2.14. The molecule has 0 radical (unpaired) electrons. The Balaban J connectivity index is 1.64. The van der Waals surface area contributed by atoms with Crippen LogP contribution in [0.5, 0.6) is 0 Å². The lowest BCUT2D eigenvalue weighted by Crippen LogP contribution is -2.24. The monoisotopic (exact) mass is 327 g/mol. The molecule has 1 N–H and O–H groups in total. The second-order valence-electron chi connectivity index (χ2n) is 6.66. The third-order valence-corrected chi connectivity index (χ3v) is 4.46. The van der Waals surface area contributed by atoms with Crippen molar-refractivity contribution in [3.63, 3.8) is 0 Å². The number of aromatic nitrogens is 1. The average Bonchev–Trinajstić information content (AvgIpc) is 3.21. The molecule has 1 aliphatic rings. The fourth-order valence-electron chi connectivity index (χ4n) is 2.91. The Kier molecular flexibility index (Phi) is 5.00. The van der Waals surface area contributed by atoms with Crippen molar-refractivity contribution in [3.05, 3.63) is 47.7 Å². The van der Waals surface area contributed by atoms with Gasteiger partial charge < -0.3 is 14.6 Å². The van der Waals surface area contributed by atoms with Crippen LogP contribution in [0.2, 0.25) is 0 Å². The predicted octanol–water partition coefficient (Wildman–Crippen LogP) is 3.78. The summed E-state index contributed by atoms with van der Waals surface area (Å²) >= 11 is 0. The lowest BCUT2D eigenvalue weighted by Gasteiger charge is -2.19. The summed E-state index contributed by atoms with van der Waals surface area (Å²) in [5, 5.41) is 3.44. The Bertz CT molecular complexity index is 708. The van der Waals surface area contributed by atoms with E-state index in [0.29, 0.717) is 24.8 Å². The molecular formula is C19H25N3O2. The molecule has 0 spiro atoms. The molecule has 1 aromatic heterocycles. The van der Waals surface area contributed by atoms with Crippen molar-refractivity contribution in [3.8, 4) is 0 Å². The normalized spacial score (nSPS) is 16.2. The highest BCUT2D eigenvalue weighted by molar-refractivity contribution is 5.95. The molecule has 1 fully saturated rings. The number of benzene rings is 1. The quantitative estimate of drug-likeness (QED) is 0.877. The van der Waals surface area contributed by atoms with Gasteiger partial charge >= 0.3 is 0 Å². The zero-order chi connectivity index (χ0) is 17.1. The van der Waals surface area contributed by atoms with Gasteiger partial charge in [-0.2, -0.15) is 0 Å². The molecule has 3 rings (SSSR count). The van der Waals surface area contributed by atoms with Crippen LogP contribution in [0.1, 0.15) is 62.8 Å². The van der Waals surface area contributed by atoms with Gasteiger partial charge in [0.15, 0.2) is 0 Å². The van der Waals surface area contributed by atoms with Crippen molar-refractivity contribution < 1.29 is 9.21 Å². The molecule has 1 aromatic carbocycles. The third-order valence-electron chi connectivity index (χ3n) is 4.46. The molecule has 1 amide bonds. The van der Waals surface area contributed by atoms with Crippen molar-refractivity contribution in [2.75, 3.05) is 11.4 Å². The number of nitrogens with one attached hydrogen (secondary N) is 1. The fraction of sp³-hybridized carbons (Fsp3) is 0.474. The van der Waals surface area contributed by atoms with Gasteiger partial charge in [0.05, 0.1) is 12.7 Å². The minimum absolute atomic E-state index is 0.150. The molecule has 5 nitrogen and oxygen atoms in total. The Morgan fingerprint density at radius 3 is 2.83 bits per heavy atom. The molecule has 0 bridgehead atoms. The number of rotatable bonds is 6. The van der Waals surface area contributed by atoms with E-state index < -0.39 is 0 Å². The molecule has 2 heterocycles. The molecule has 1 aliphatic heterocycles. The maximum atomic E-state index is 11.9. The number of anilines is 1. The SMILES string of the molecule is CC(C)c1cnc(CN[C@H](C)c2cccc(N3CCCC3=O)c2)o1. The van der Waals surface area contributed by atoms with E-state index >= 15 is 0 Å². The van der Waals surface area contributed by atoms with Gasteiger partial charge in [0.1, 0.15) is 5.76 Å². The summed E-state index contributed by atoms with van der Waals surface area (Å²) in [6, 6.07) is 8.34. The van der Waals surface area contributed by atoms with E-state index in [0.717, 1.165) is 30.0 Å². The van der Waals surface area contributed by atoms with E-state index in [9.17, 15) is 4.79 Å². The van der Waals surface area contributed by atoms with Gasteiger partial charge in [-0.15, -0.1) is 0 Å². The molecule has 1 saturated heterocycles. The number of hydrogen-bond acceptors (Lipinski definition) is 4. The molecule has 0 saturated carbocycles. The Hall–Kier alpha value is -2.14. The first-order valence-electron chi connectivity index (χ1n) is 8.63. The van der Waals surface area contributed by atoms with Crippen LogP contribution >= 0.6 is 0 Å². The van der Waals surface area contributed by atoms with Crippen LogP contribution in [0.4, 0.5) is 5.69 Å². The number of carbonyl (C=O) groups is 1. The highest BCUT2D eigenvalue weighted by atomic mass is 16.4. The molecule has 0 unspecified atom stereocenters. The number of nitrogens with zero attached hydrogens (tertiary/aromatic N) is 2. The van der Waals surface area contributed by atoms with E-state index in [-0.39, 0.29) is 11.9 Å². The zero-order valence-corrected chi connectivity index (χ0v) is 14.6. The summed E-state index contributed by atoms with van der Waals surface area (Å²) in [6.07, 6.45) is 3.39. The maximum Gasteiger partial charge on any atom is 0.227 e. The van der Waals surface area contributed by atoms with Gasteiger partial charge in [-0.25, -0.2) is 4.98 Å². The number of carbonyl (C=O) groups excluding carboxylic acids is 1. The van der Waals surface area contributed by atoms with Gasteiger partial charge in [-0.3, -0.25) is 4.79 Å². The van der Waals surface area contributed by atoms with Crippen molar-refractivity contribution in [1.82, 2.24) is 10.3 Å². The van der Waals surface area contributed by atoms with E-state index in [1.165, 1.54) is 0 Å². The summed E-state index contributed by atoms with van der Waals surface area (Å²) in [5.74, 6) is 2.18. The first kappa shape index (κ1) is 16.7. The average molecular weight is 327 g/mol. The molecule has 2 aromatic rings. The minimum Gasteiger partial charge on any atom is -0.444 e. The van der Waals surface area contributed by atoms with Crippen molar-refractivity contribution >= 4 is 11.6 Å². The van der Waals surface area contributed by atoms with Crippen LogP contribution in [-0.4, -0.2) is 17.4 Å². The largest absolute Gasteiger partial charge is 0.444 e. The summed E-state index contributed by atoms with van der Waals surface area (Å²) in [6.45, 7) is 7.69. The highest BCUT2D eigenvalue weighted by Crippen LogP contribution is 2.25. The van der Waals surface area contributed by atoms with Gasteiger partial charge in [0.2, 0.25) is 11.8 Å². The molecule has 128 valence electrons. The van der Waals surface area contributed by atoms with E-state index in [2.05, 4.69) is 43.2 Å². The highest BCUT2D eigenvalue weighted by Gasteiger charge is 2.22. The lowest BCUT2D eigenvalue weighted by atomic mass is 10.1. The first-order chi connectivity index (χ1) is 11.5. The number of hydrogen-bond donors (Lipinski definition) is 1. The molecule has 0 aliphatic carbocycles. The van der Waals surface area contributed by atoms with Gasteiger partial charge in [0.25, 0.3) is 0 Å². The van der Waals surface area contributed by atoms with Gasteiger partial charge in [-0.05, 0) is 31.0 Å². The summed E-state index contributed by atoms with van der Waals surface area (Å²) in [7, 11) is 0. The van der Waals surface area contributed by atoms with E-state index in [1.54, 1.807) is 6.20 Å². The van der Waals surface area contributed by atoms with Crippen LogP contribution in [0, 0.1) is 0 Å². The number of oxazole rings is 1. The topological polar surface area (TPSA) is 58.4 Å². The third kappa shape index (κ3) is 3.67. The van der Waals surface area contributed by atoms with E-state index in [4.69, 9.17) is 4.42 Å². The fourth-order valence-corrected chi connectivity index (χ4v) is 2.91. The van der Waals surface area contributed by atoms with Crippen LogP contribution in [-0.2, 0) is 11.3 Å². The zero-order valence-electron chi connectivity index (χ0n) is 14.6. The van der Waals surface area contributed by atoms with Gasteiger partial charge in [0, 0.05) is 30.6 Å². The first-order valence-corrected chi connectivity index (χ1v) is 8.63. The minimum atomic E-state index is 0.150. The summed E-state index contributed by atoms with van der Waals surface area (Å²) in [4.78, 5) is 18.1. The smallest absolute Gasteiger partial charge is 0.227 e. The van der Waals surface area contributed by atoms with Crippen LogP contribution in [0.3, 0.4) is 0 Å². The Morgan fingerprint density at radius 1 is 1.33 bits per heavy atom. The van der Waals surface area contributed by atoms with Crippen LogP contribution in [0.25, 0.3) is 0 Å². The molecule has 1 atom stereocenters. The van der Waals surface area contributed by atoms with Crippen LogP contribution < -0.4 is 10.2 Å². The van der Waals surface area contributed by atoms with E-state index in [1.807, 2.05) is 17.0 Å². The maximum absolute atomic E-state index is 11.9. The standard InChI is InChI=1S/C19H25N3O2/c1-13(2)17-11-21-18(24-17)12-20-14(3)15-6-4-7-16(10-15)22-9-5-8-19(22)23/h4,6-7,10-11,13-14,20H,5,8-9,12H2,1-3H3/t14-/m1/s1. The predicted molar refractivity (Wildman–Crippen MR) is 93.9 cm³/mol. The van der Waals surface area contributed by atoms with Crippen LogP contribution in [0.15, 0.2) is 34.9 Å². The van der Waals surface area contributed by atoms with Crippen molar-refractivity contribution in [2.45, 2.75) is 52.1 Å². The lowest BCUT2D eigenvalue weighted by molar-refractivity contribution is -0.117. The van der Waals surface area contributed by atoms with Crippen molar-refractivity contribution in [2.24, 2.45) is 0 Å². The van der Waals surface area contributed by atoms with Gasteiger partial charge in [-0.1, -0.05) is 26.0 Å². The van der Waals surface area contributed by atoms with Crippen molar-refractivity contribution in [1.29, 1.82) is 0 Å². The molecular weight excluding hydrogens is 302 g/mol. The second kappa shape index (κ2) is 7.18. The molecule has 5 heteroatoms. The Morgan fingerprint density at radius 2 is 2.17 bits per heavy atom. The number of amides is 1.